The van der Waals surface area contributed by atoms with Gasteiger partial charge in [-0.25, -0.2) is 0 Å². The predicted molar refractivity (Wildman–Crippen MR) is 59.8 cm³/mol. The highest BCUT2D eigenvalue weighted by Crippen LogP contribution is 2.12. The zero-order valence-corrected chi connectivity index (χ0v) is 8.96. The number of hydrogen-bond donors (Lipinski definition) is 3. The lowest BCUT2D eigenvalue weighted by molar-refractivity contribution is -0.119. The van der Waals surface area contributed by atoms with E-state index in [9.17, 15) is 9.59 Å². The van der Waals surface area contributed by atoms with Gasteiger partial charge in [-0.2, -0.15) is 0 Å². The van der Waals surface area contributed by atoms with E-state index in [4.69, 9.17) is 5.73 Å². The number of rotatable bonds is 3. The first-order valence-corrected chi connectivity index (χ1v) is 4.92. The molecule has 0 radical (unpaired) electrons. The van der Waals surface area contributed by atoms with Crippen LogP contribution in [-0.4, -0.2) is 18.4 Å². The molecule has 80 valence electrons. The van der Waals surface area contributed by atoms with Gasteiger partial charge >= 0.3 is 0 Å². The van der Waals surface area contributed by atoms with Crippen LogP contribution in [0.5, 0.6) is 0 Å². The number of hydrogen-bond acceptors (Lipinski definition) is 4. The average Bonchev–Trinajstić information content (AvgIpc) is 2.18. The fourth-order valence-electron chi connectivity index (χ4n) is 1.05. The van der Waals surface area contributed by atoms with E-state index >= 15 is 0 Å². The minimum atomic E-state index is -0.445. The standard InChI is InChI=1S/C10H12N2O2S/c11-6-5-9(13)12-10(14)7-3-1-2-4-8(7)15/h1-4,15H,5-6,11H2,(H,12,13,14). The fraction of sp³-hybridized carbons (Fsp3) is 0.200. The normalized spacial score (nSPS) is 9.73. The molecule has 1 aromatic carbocycles. The van der Waals surface area contributed by atoms with Gasteiger partial charge in [0.15, 0.2) is 0 Å². The first-order valence-electron chi connectivity index (χ1n) is 4.47. The molecule has 1 rings (SSSR count). The van der Waals surface area contributed by atoms with E-state index in [1.54, 1.807) is 24.3 Å². The molecule has 0 saturated heterocycles. The van der Waals surface area contributed by atoms with Gasteiger partial charge in [-0.1, -0.05) is 12.1 Å². The van der Waals surface area contributed by atoms with Crippen molar-refractivity contribution in [3.63, 3.8) is 0 Å². The van der Waals surface area contributed by atoms with Gasteiger partial charge < -0.3 is 5.73 Å². The van der Waals surface area contributed by atoms with Gasteiger partial charge in [-0.05, 0) is 12.1 Å². The molecule has 0 aromatic heterocycles. The number of carbonyl (C=O) groups is 2. The molecule has 0 bridgehead atoms. The third-order valence-corrected chi connectivity index (χ3v) is 2.16. The Morgan fingerprint density at radius 2 is 2.00 bits per heavy atom. The molecule has 2 amide bonds. The molecule has 0 unspecified atom stereocenters. The van der Waals surface area contributed by atoms with Crippen LogP contribution < -0.4 is 11.1 Å². The zero-order chi connectivity index (χ0) is 11.3. The van der Waals surface area contributed by atoms with E-state index in [0.717, 1.165) is 0 Å². The number of thiol groups is 1. The van der Waals surface area contributed by atoms with Crippen molar-refractivity contribution in [1.82, 2.24) is 5.32 Å². The second-order valence-corrected chi connectivity index (χ2v) is 3.41. The molecule has 15 heavy (non-hydrogen) atoms. The van der Waals surface area contributed by atoms with Crippen molar-refractivity contribution in [3.05, 3.63) is 29.8 Å². The third kappa shape index (κ3) is 3.38. The second-order valence-electron chi connectivity index (χ2n) is 2.93. The van der Waals surface area contributed by atoms with Crippen LogP contribution in [0.15, 0.2) is 29.2 Å². The average molecular weight is 224 g/mol. The Bertz CT molecular complexity index is 379. The maximum atomic E-state index is 11.5. The molecule has 3 N–H and O–H groups in total. The van der Waals surface area contributed by atoms with E-state index in [1.165, 1.54) is 0 Å². The quantitative estimate of drug-likeness (QED) is 0.658. The Kier molecular flexibility index (Phi) is 4.33. The summed E-state index contributed by atoms with van der Waals surface area (Å²) in [7, 11) is 0. The molecule has 0 spiro atoms. The Hall–Kier alpha value is -1.33. The van der Waals surface area contributed by atoms with E-state index in [2.05, 4.69) is 17.9 Å². The van der Waals surface area contributed by atoms with Gasteiger partial charge in [0.05, 0.1) is 5.56 Å². The van der Waals surface area contributed by atoms with Crippen molar-refractivity contribution in [1.29, 1.82) is 0 Å². The van der Waals surface area contributed by atoms with E-state index in [0.29, 0.717) is 10.5 Å². The van der Waals surface area contributed by atoms with Gasteiger partial charge in [0.2, 0.25) is 5.91 Å². The largest absolute Gasteiger partial charge is 0.330 e. The molecular formula is C10H12N2O2S. The van der Waals surface area contributed by atoms with Crippen LogP contribution in [0.3, 0.4) is 0 Å². The Labute approximate surface area is 93.3 Å². The Morgan fingerprint density at radius 1 is 1.33 bits per heavy atom. The molecule has 0 saturated carbocycles. The van der Waals surface area contributed by atoms with Gasteiger partial charge in [0.1, 0.15) is 0 Å². The predicted octanol–water partition coefficient (Wildman–Crippen LogP) is 0.581. The maximum Gasteiger partial charge on any atom is 0.258 e. The van der Waals surface area contributed by atoms with Gasteiger partial charge in [0, 0.05) is 17.9 Å². The molecule has 0 atom stereocenters. The fourth-order valence-corrected chi connectivity index (χ4v) is 1.32. The minimum Gasteiger partial charge on any atom is -0.330 e. The molecule has 1 aromatic rings. The van der Waals surface area contributed by atoms with Crippen LogP contribution in [0, 0.1) is 0 Å². The summed E-state index contributed by atoms with van der Waals surface area (Å²) in [4.78, 5) is 23.2. The summed E-state index contributed by atoms with van der Waals surface area (Å²) in [5.74, 6) is -0.821. The number of carbonyl (C=O) groups excluding carboxylic acids is 2. The van der Waals surface area contributed by atoms with Crippen molar-refractivity contribution >= 4 is 24.4 Å². The smallest absolute Gasteiger partial charge is 0.258 e. The van der Waals surface area contributed by atoms with Crippen LogP contribution in [0.2, 0.25) is 0 Å². The van der Waals surface area contributed by atoms with Crippen LogP contribution in [0.25, 0.3) is 0 Å². The molecule has 0 aliphatic heterocycles. The summed E-state index contributed by atoms with van der Waals surface area (Å²) in [5, 5.41) is 2.23. The lowest BCUT2D eigenvalue weighted by Crippen LogP contribution is -2.31. The molecule has 0 aliphatic rings. The van der Waals surface area contributed by atoms with Crippen molar-refractivity contribution in [3.8, 4) is 0 Å². The number of nitrogens with two attached hydrogens (primary N) is 1. The lowest BCUT2D eigenvalue weighted by atomic mass is 10.2. The number of nitrogens with one attached hydrogen (secondary N) is 1. The van der Waals surface area contributed by atoms with Crippen molar-refractivity contribution < 1.29 is 9.59 Å². The highest BCUT2D eigenvalue weighted by atomic mass is 32.1. The maximum absolute atomic E-state index is 11.5. The Morgan fingerprint density at radius 3 is 2.60 bits per heavy atom. The first kappa shape index (κ1) is 11.7. The molecular weight excluding hydrogens is 212 g/mol. The third-order valence-electron chi connectivity index (χ3n) is 1.77. The molecule has 0 heterocycles. The molecule has 0 aliphatic carbocycles. The molecule has 0 fully saturated rings. The zero-order valence-electron chi connectivity index (χ0n) is 8.06. The monoisotopic (exact) mass is 224 g/mol. The van der Waals surface area contributed by atoms with Gasteiger partial charge in [-0.15, -0.1) is 12.6 Å². The van der Waals surface area contributed by atoms with Crippen molar-refractivity contribution in [2.24, 2.45) is 5.73 Å². The molecule has 4 nitrogen and oxygen atoms in total. The number of amides is 2. The van der Waals surface area contributed by atoms with Crippen LogP contribution >= 0.6 is 12.6 Å². The summed E-state index contributed by atoms with van der Waals surface area (Å²) in [5.41, 5.74) is 5.57. The van der Waals surface area contributed by atoms with Gasteiger partial charge in [-0.3, -0.25) is 14.9 Å². The van der Waals surface area contributed by atoms with E-state index < -0.39 is 5.91 Å². The summed E-state index contributed by atoms with van der Waals surface area (Å²) in [6, 6.07) is 6.77. The van der Waals surface area contributed by atoms with Crippen molar-refractivity contribution in [2.45, 2.75) is 11.3 Å². The Balaban J connectivity index is 2.70. The van der Waals surface area contributed by atoms with E-state index in [-0.39, 0.29) is 18.9 Å². The highest BCUT2D eigenvalue weighted by Gasteiger charge is 2.11. The van der Waals surface area contributed by atoms with Crippen LogP contribution in [-0.2, 0) is 4.79 Å². The summed E-state index contributed by atoms with van der Waals surface area (Å²) in [6.45, 7) is 0.224. The van der Waals surface area contributed by atoms with E-state index in [1.807, 2.05) is 0 Å². The summed E-state index contributed by atoms with van der Waals surface area (Å²) in [6.07, 6.45) is 0.139. The van der Waals surface area contributed by atoms with Gasteiger partial charge in [0.25, 0.3) is 5.91 Å². The van der Waals surface area contributed by atoms with Crippen molar-refractivity contribution in [2.75, 3.05) is 6.54 Å². The summed E-state index contributed by atoms with van der Waals surface area (Å²) < 4.78 is 0. The topological polar surface area (TPSA) is 72.2 Å². The lowest BCUT2D eigenvalue weighted by Gasteiger charge is -2.04. The first-order chi connectivity index (χ1) is 7.15. The molecule has 5 heteroatoms. The highest BCUT2D eigenvalue weighted by molar-refractivity contribution is 7.80. The SMILES string of the molecule is NCCC(=O)NC(=O)c1ccccc1S. The number of benzene rings is 1. The van der Waals surface area contributed by atoms with Crippen LogP contribution in [0.4, 0.5) is 0 Å². The summed E-state index contributed by atoms with van der Waals surface area (Å²) >= 11 is 4.11. The minimum absolute atomic E-state index is 0.139. The number of imide groups is 1. The van der Waals surface area contributed by atoms with Crippen LogP contribution in [0.1, 0.15) is 16.8 Å². The second kappa shape index (κ2) is 5.53.